The molecule has 0 radical (unpaired) electrons. The third-order valence-electron chi connectivity index (χ3n) is 3.30. The van der Waals surface area contributed by atoms with Gasteiger partial charge in [-0.2, -0.15) is 0 Å². The van der Waals surface area contributed by atoms with Gasteiger partial charge in [-0.05, 0) is 11.1 Å². The van der Waals surface area contributed by atoms with E-state index < -0.39 is 0 Å². The molecule has 1 aliphatic rings. The van der Waals surface area contributed by atoms with Gasteiger partial charge in [0.05, 0.1) is 12.6 Å². The molecule has 17 heavy (non-hydrogen) atoms. The van der Waals surface area contributed by atoms with Crippen molar-refractivity contribution in [2.75, 3.05) is 14.2 Å². The monoisotopic (exact) mass is 234 g/mol. The quantitative estimate of drug-likeness (QED) is 0.851. The number of rotatable bonds is 3. The van der Waals surface area contributed by atoms with E-state index in [4.69, 9.17) is 10.5 Å². The number of ether oxygens (including phenoxy) is 1. The molecule has 1 aromatic rings. The Balaban J connectivity index is 2.36. The number of nitrogens with zero attached hydrogens (tertiary/aromatic N) is 1. The van der Waals surface area contributed by atoms with Gasteiger partial charge in [0, 0.05) is 26.6 Å². The van der Waals surface area contributed by atoms with Crippen LogP contribution in [-0.4, -0.2) is 31.0 Å². The fourth-order valence-corrected chi connectivity index (χ4v) is 2.45. The van der Waals surface area contributed by atoms with E-state index in [0.717, 1.165) is 11.1 Å². The van der Waals surface area contributed by atoms with Crippen LogP contribution in [0.5, 0.6) is 0 Å². The predicted molar refractivity (Wildman–Crippen MR) is 65.3 cm³/mol. The van der Waals surface area contributed by atoms with Crippen molar-refractivity contribution in [1.82, 2.24) is 4.90 Å². The predicted octanol–water partition coefficient (Wildman–Crippen LogP) is 1.06. The summed E-state index contributed by atoms with van der Waals surface area (Å²) in [6.07, 6.45) is 0.419. The molecule has 2 atom stereocenters. The van der Waals surface area contributed by atoms with Gasteiger partial charge in [0.1, 0.15) is 0 Å². The maximum Gasteiger partial charge on any atom is 0.224 e. The number of hydrogen-bond acceptors (Lipinski definition) is 3. The summed E-state index contributed by atoms with van der Waals surface area (Å²) in [5.74, 6) is 0.106. The number of amides is 1. The van der Waals surface area contributed by atoms with Crippen LogP contribution in [0.15, 0.2) is 24.3 Å². The highest BCUT2D eigenvalue weighted by Crippen LogP contribution is 2.32. The molecule has 1 amide bonds. The third-order valence-corrected chi connectivity index (χ3v) is 3.30. The number of likely N-dealkylation sites (tertiary alicyclic amines) is 1. The van der Waals surface area contributed by atoms with Crippen LogP contribution in [0, 0.1) is 0 Å². The minimum absolute atomic E-state index is 0.0335. The summed E-state index contributed by atoms with van der Waals surface area (Å²) in [5.41, 5.74) is 8.24. The first-order valence-electron chi connectivity index (χ1n) is 5.73. The molecule has 2 unspecified atom stereocenters. The van der Waals surface area contributed by atoms with E-state index in [2.05, 4.69) is 0 Å². The van der Waals surface area contributed by atoms with Crippen LogP contribution in [0.4, 0.5) is 0 Å². The van der Waals surface area contributed by atoms with Gasteiger partial charge in [-0.25, -0.2) is 0 Å². The number of carbonyl (C=O) groups excluding carboxylic acids is 1. The highest BCUT2D eigenvalue weighted by atomic mass is 16.5. The van der Waals surface area contributed by atoms with Crippen molar-refractivity contribution in [2.24, 2.45) is 5.73 Å². The van der Waals surface area contributed by atoms with Crippen molar-refractivity contribution < 1.29 is 9.53 Å². The molecule has 0 saturated carbocycles. The summed E-state index contributed by atoms with van der Waals surface area (Å²) in [6.45, 7) is 0.543. The Morgan fingerprint density at radius 2 is 2.18 bits per heavy atom. The minimum Gasteiger partial charge on any atom is -0.380 e. The first-order chi connectivity index (χ1) is 8.15. The molecule has 0 spiro atoms. The van der Waals surface area contributed by atoms with Gasteiger partial charge in [-0.1, -0.05) is 24.3 Å². The first-order valence-corrected chi connectivity index (χ1v) is 5.73. The lowest BCUT2D eigenvalue weighted by atomic mass is 9.96. The Labute approximate surface area is 101 Å². The zero-order valence-electron chi connectivity index (χ0n) is 10.2. The molecule has 4 nitrogen and oxygen atoms in total. The van der Waals surface area contributed by atoms with Crippen LogP contribution in [0.3, 0.4) is 0 Å². The van der Waals surface area contributed by atoms with E-state index >= 15 is 0 Å². The Hall–Kier alpha value is -1.39. The molecule has 0 bridgehead atoms. The molecule has 92 valence electrons. The van der Waals surface area contributed by atoms with Crippen LogP contribution in [0.1, 0.15) is 23.6 Å². The lowest BCUT2D eigenvalue weighted by Gasteiger charge is -2.25. The topological polar surface area (TPSA) is 55.6 Å². The molecule has 1 aromatic carbocycles. The fourth-order valence-electron chi connectivity index (χ4n) is 2.45. The number of carbonyl (C=O) groups is 1. The average molecular weight is 234 g/mol. The third kappa shape index (κ3) is 2.18. The maximum absolute atomic E-state index is 11.7. The van der Waals surface area contributed by atoms with E-state index in [-0.39, 0.29) is 18.0 Å². The van der Waals surface area contributed by atoms with Gasteiger partial charge < -0.3 is 15.4 Å². The largest absolute Gasteiger partial charge is 0.380 e. The molecule has 2 rings (SSSR count). The van der Waals surface area contributed by atoms with Crippen molar-refractivity contribution in [3.05, 3.63) is 35.4 Å². The van der Waals surface area contributed by atoms with Crippen molar-refractivity contribution in [3.63, 3.8) is 0 Å². The molecule has 0 aromatic heterocycles. The Kier molecular flexibility index (Phi) is 3.45. The second kappa shape index (κ2) is 4.85. The van der Waals surface area contributed by atoms with Gasteiger partial charge in [0.25, 0.3) is 0 Å². The van der Waals surface area contributed by atoms with E-state index in [1.165, 1.54) is 0 Å². The smallest absolute Gasteiger partial charge is 0.224 e. The lowest BCUT2D eigenvalue weighted by Crippen LogP contribution is -2.31. The lowest BCUT2D eigenvalue weighted by molar-refractivity contribution is -0.127. The highest BCUT2D eigenvalue weighted by molar-refractivity contribution is 5.80. The molecule has 1 saturated heterocycles. The summed E-state index contributed by atoms with van der Waals surface area (Å²) < 4.78 is 5.18. The van der Waals surface area contributed by atoms with Gasteiger partial charge in [-0.15, -0.1) is 0 Å². The standard InChI is InChI=1S/C13H18N2O2/c1-15-12(16)7-11(14)13(15)10-6-4-3-5-9(10)8-17-2/h3-6,11,13H,7-8,14H2,1-2H3. The number of methoxy groups -OCH3 is 1. The van der Waals surface area contributed by atoms with E-state index in [1.54, 1.807) is 12.0 Å². The van der Waals surface area contributed by atoms with Crippen molar-refractivity contribution in [2.45, 2.75) is 25.1 Å². The van der Waals surface area contributed by atoms with Crippen molar-refractivity contribution in [1.29, 1.82) is 0 Å². The van der Waals surface area contributed by atoms with E-state index in [0.29, 0.717) is 13.0 Å². The number of benzene rings is 1. The minimum atomic E-state index is -0.134. The summed E-state index contributed by atoms with van der Waals surface area (Å²) >= 11 is 0. The zero-order chi connectivity index (χ0) is 12.4. The second-order valence-electron chi connectivity index (χ2n) is 4.45. The van der Waals surface area contributed by atoms with Crippen LogP contribution in [-0.2, 0) is 16.1 Å². The maximum atomic E-state index is 11.7. The normalized spacial score (nSPS) is 24.4. The van der Waals surface area contributed by atoms with E-state index in [9.17, 15) is 4.79 Å². The van der Waals surface area contributed by atoms with Gasteiger partial charge in [0.2, 0.25) is 5.91 Å². The summed E-state index contributed by atoms with van der Waals surface area (Å²) in [6, 6.07) is 7.81. The summed E-state index contributed by atoms with van der Waals surface area (Å²) in [5, 5.41) is 0. The average Bonchev–Trinajstić information content (AvgIpc) is 2.55. The highest BCUT2D eigenvalue weighted by Gasteiger charge is 2.36. The molecular formula is C13H18N2O2. The fraction of sp³-hybridized carbons (Fsp3) is 0.462. The summed E-state index contributed by atoms with van der Waals surface area (Å²) in [4.78, 5) is 13.4. The van der Waals surface area contributed by atoms with Gasteiger partial charge >= 0.3 is 0 Å². The zero-order valence-corrected chi connectivity index (χ0v) is 10.2. The van der Waals surface area contributed by atoms with E-state index in [1.807, 2.05) is 31.3 Å². The number of likely N-dealkylation sites (N-methyl/N-ethyl adjacent to an activating group) is 1. The second-order valence-corrected chi connectivity index (χ2v) is 4.45. The molecule has 0 aliphatic carbocycles. The van der Waals surface area contributed by atoms with Gasteiger partial charge in [0.15, 0.2) is 0 Å². The van der Waals surface area contributed by atoms with Crippen LogP contribution >= 0.6 is 0 Å². The van der Waals surface area contributed by atoms with Crippen LogP contribution in [0.25, 0.3) is 0 Å². The number of nitrogens with two attached hydrogens (primary N) is 1. The first kappa shape index (κ1) is 12.1. The molecule has 1 aliphatic heterocycles. The van der Waals surface area contributed by atoms with Crippen molar-refractivity contribution >= 4 is 5.91 Å². The van der Waals surface area contributed by atoms with Crippen molar-refractivity contribution in [3.8, 4) is 0 Å². The Morgan fingerprint density at radius 3 is 2.76 bits per heavy atom. The molecular weight excluding hydrogens is 216 g/mol. The molecule has 2 N–H and O–H groups in total. The Morgan fingerprint density at radius 1 is 1.47 bits per heavy atom. The molecule has 4 heteroatoms. The molecule has 1 heterocycles. The van der Waals surface area contributed by atoms with Crippen LogP contribution < -0.4 is 5.73 Å². The molecule has 1 fully saturated rings. The van der Waals surface area contributed by atoms with Crippen LogP contribution in [0.2, 0.25) is 0 Å². The summed E-state index contributed by atoms with van der Waals surface area (Å²) in [7, 11) is 3.48. The number of hydrogen-bond donors (Lipinski definition) is 1. The Bertz CT molecular complexity index is 420. The van der Waals surface area contributed by atoms with Gasteiger partial charge in [-0.3, -0.25) is 4.79 Å². The SMILES string of the molecule is COCc1ccccc1C1C(N)CC(=O)N1C.